The third-order valence-electron chi connectivity index (χ3n) is 5.28. The smallest absolute Gasteiger partial charge is 0.248 e. The van der Waals surface area contributed by atoms with Gasteiger partial charge in [-0.25, -0.2) is 4.68 Å². The Morgan fingerprint density at radius 1 is 0.861 bits per heavy atom. The number of nitrogens with one attached hydrogen (secondary N) is 2. The summed E-state index contributed by atoms with van der Waals surface area (Å²) in [6.07, 6.45) is 5.02. The van der Waals surface area contributed by atoms with Crippen LogP contribution in [-0.4, -0.2) is 35.8 Å². The van der Waals surface area contributed by atoms with Gasteiger partial charge in [0.15, 0.2) is 11.5 Å². The molecule has 0 unspecified atom stereocenters. The van der Waals surface area contributed by atoms with Crippen LogP contribution in [0.5, 0.6) is 11.5 Å². The van der Waals surface area contributed by atoms with Gasteiger partial charge in [0.2, 0.25) is 11.8 Å². The summed E-state index contributed by atoms with van der Waals surface area (Å²) in [4.78, 5) is 24.0. The number of anilines is 2. The van der Waals surface area contributed by atoms with E-state index in [1.54, 1.807) is 49.2 Å². The molecule has 1 heterocycles. The lowest BCUT2D eigenvalue weighted by Crippen LogP contribution is -2.09. The minimum absolute atomic E-state index is 0.184. The highest BCUT2D eigenvalue weighted by molar-refractivity contribution is 6.03. The first-order valence-electron chi connectivity index (χ1n) is 11.2. The van der Waals surface area contributed by atoms with Crippen molar-refractivity contribution in [3.05, 3.63) is 90.6 Å². The standard InChI is InChI=1S/C28H26N4O4/c1-19(33)29-22-8-7-9-23(17-22)30-27(34)15-13-21-18-32(24-10-5-4-6-11-24)31-28(21)20-12-14-25(35-2)26(16-20)36-3/h4-18H,1-3H3,(H,29,33)(H,30,34). The Kier molecular flexibility index (Phi) is 7.45. The Hall–Kier alpha value is -4.85. The first-order chi connectivity index (χ1) is 17.5. The number of carbonyl (C=O) groups is 2. The van der Waals surface area contributed by atoms with Gasteiger partial charge in [-0.2, -0.15) is 5.10 Å². The summed E-state index contributed by atoms with van der Waals surface area (Å²) in [6, 6.07) is 22.2. The van der Waals surface area contributed by atoms with E-state index in [-0.39, 0.29) is 11.8 Å². The van der Waals surface area contributed by atoms with Crippen molar-refractivity contribution in [2.75, 3.05) is 24.9 Å². The Morgan fingerprint density at radius 3 is 2.28 bits per heavy atom. The SMILES string of the molecule is COc1ccc(-c2nn(-c3ccccc3)cc2C=CC(=O)Nc2cccc(NC(C)=O)c2)cc1OC. The number of methoxy groups -OCH3 is 2. The zero-order valence-corrected chi connectivity index (χ0v) is 20.2. The van der Waals surface area contributed by atoms with Crippen molar-refractivity contribution in [3.8, 4) is 28.4 Å². The molecule has 0 atom stereocenters. The van der Waals surface area contributed by atoms with Crippen molar-refractivity contribution in [2.24, 2.45) is 0 Å². The van der Waals surface area contributed by atoms with Crippen molar-refractivity contribution in [3.63, 3.8) is 0 Å². The van der Waals surface area contributed by atoms with Crippen LogP contribution < -0.4 is 20.1 Å². The topological polar surface area (TPSA) is 94.5 Å². The van der Waals surface area contributed by atoms with Crippen LogP contribution in [0.25, 0.3) is 23.0 Å². The van der Waals surface area contributed by atoms with Gasteiger partial charge in [0.1, 0.15) is 5.69 Å². The van der Waals surface area contributed by atoms with E-state index in [9.17, 15) is 9.59 Å². The third-order valence-corrected chi connectivity index (χ3v) is 5.28. The molecule has 0 radical (unpaired) electrons. The predicted octanol–water partition coefficient (Wildman–Crippen LogP) is 5.17. The lowest BCUT2D eigenvalue weighted by molar-refractivity contribution is -0.114. The van der Waals surface area contributed by atoms with E-state index >= 15 is 0 Å². The molecule has 0 aliphatic rings. The summed E-state index contributed by atoms with van der Waals surface area (Å²) >= 11 is 0. The fraction of sp³-hybridized carbons (Fsp3) is 0.107. The summed E-state index contributed by atoms with van der Waals surface area (Å²) in [5, 5.41) is 10.3. The number of hydrogen-bond donors (Lipinski definition) is 2. The van der Waals surface area contributed by atoms with E-state index in [0.29, 0.717) is 28.6 Å². The molecule has 2 N–H and O–H groups in total. The van der Waals surface area contributed by atoms with Crippen molar-refractivity contribution in [1.82, 2.24) is 9.78 Å². The van der Waals surface area contributed by atoms with Crippen LogP contribution in [-0.2, 0) is 9.59 Å². The highest BCUT2D eigenvalue weighted by atomic mass is 16.5. The van der Waals surface area contributed by atoms with E-state index < -0.39 is 0 Å². The number of nitrogens with zero attached hydrogens (tertiary/aromatic N) is 2. The summed E-state index contributed by atoms with van der Waals surface area (Å²) < 4.78 is 12.6. The molecule has 3 aromatic carbocycles. The number of benzene rings is 3. The molecule has 36 heavy (non-hydrogen) atoms. The van der Waals surface area contributed by atoms with Crippen molar-refractivity contribution in [1.29, 1.82) is 0 Å². The zero-order valence-electron chi connectivity index (χ0n) is 20.2. The molecule has 0 saturated carbocycles. The van der Waals surface area contributed by atoms with Gasteiger partial charge in [0, 0.05) is 41.7 Å². The normalized spacial score (nSPS) is 10.8. The number of carbonyl (C=O) groups excluding carboxylic acids is 2. The molecule has 0 bridgehead atoms. The van der Waals surface area contributed by atoms with Gasteiger partial charge < -0.3 is 20.1 Å². The molecular formula is C28H26N4O4. The van der Waals surface area contributed by atoms with Crippen LogP contribution >= 0.6 is 0 Å². The Morgan fingerprint density at radius 2 is 1.58 bits per heavy atom. The summed E-state index contributed by atoms with van der Waals surface area (Å²) in [7, 11) is 3.16. The van der Waals surface area contributed by atoms with Crippen LogP contribution in [0.2, 0.25) is 0 Å². The van der Waals surface area contributed by atoms with Crippen LogP contribution in [0.3, 0.4) is 0 Å². The van der Waals surface area contributed by atoms with Crippen LogP contribution in [0.1, 0.15) is 12.5 Å². The molecule has 0 fully saturated rings. The predicted molar refractivity (Wildman–Crippen MR) is 141 cm³/mol. The number of amides is 2. The van der Waals surface area contributed by atoms with Gasteiger partial charge in [-0.05, 0) is 54.6 Å². The monoisotopic (exact) mass is 482 g/mol. The first-order valence-corrected chi connectivity index (χ1v) is 11.2. The van der Waals surface area contributed by atoms with Crippen LogP contribution in [0.15, 0.2) is 85.1 Å². The Balaban J connectivity index is 1.64. The molecule has 4 rings (SSSR count). The molecule has 2 amide bonds. The maximum atomic E-state index is 12.7. The zero-order chi connectivity index (χ0) is 25.5. The molecule has 8 nitrogen and oxygen atoms in total. The maximum Gasteiger partial charge on any atom is 0.248 e. The Bertz CT molecular complexity index is 1410. The molecule has 8 heteroatoms. The van der Waals surface area contributed by atoms with Gasteiger partial charge in [-0.3, -0.25) is 9.59 Å². The molecule has 0 aliphatic heterocycles. The van der Waals surface area contributed by atoms with E-state index in [1.165, 1.54) is 13.0 Å². The van der Waals surface area contributed by atoms with Gasteiger partial charge >= 0.3 is 0 Å². The largest absolute Gasteiger partial charge is 0.493 e. The number of aromatic nitrogens is 2. The van der Waals surface area contributed by atoms with E-state index in [2.05, 4.69) is 10.6 Å². The molecular weight excluding hydrogens is 456 g/mol. The molecule has 182 valence electrons. The summed E-state index contributed by atoms with van der Waals surface area (Å²) in [5.74, 6) is 0.690. The average Bonchev–Trinajstić information content (AvgIpc) is 3.32. The molecule has 4 aromatic rings. The highest BCUT2D eigenvalue weighted by Crippen LogP contribution is 2.33. The molecule has 0 aliphatic carbocycles. The quantitative estimate of drug-likeness (QED) is 0.338. The average molecular weight is 483 g/mol. The van der Waals surface area contributed by atoms with E-state index in [0.717, 1.165) is 16.8 Å². The number of ether oxygens (including phenoxy) is 2. The van der Waals surface area contributed by atoms with Crippen molar-refractivity contribution in [2.45, 2.75) is 6.92 Å². The number of para-hydroxylation sites is 1. The highest BCUT2D eigenvalue weighted by Gasteiger charge is 2.14. The fourth-order valence-corrected chi connectivity index (χ4v) is 3.66. The van der Waals surface area contributed by atoms with Crippen molar-refractivity contribution >= 4 is 29.3 Å². The Labute approximate surface area is 209 Å². The molecule has 0 saturated heterocycles. The maximum absolute atomic E-state index is 12.7. The lowest BCUT2D eigenvalue weighted by Gasteiger charge is -2.09. The van der Waals surface area contributed by atoms with Gasteiger partial charge in [-0.1, -0.05) is 24.3 Å². The fourth-order valence-electron chi connectivity index (χ4n) is 3.66. The minimum Gasteiger partial charge on any atom is -0.493 e. The first kappa shape index (κ1) is 24.3. The van der Waals surface area contributed by atoms with E-state index in [1.807, 2.05) is 54.7 Å². The third kappa shape index (κ3) is 5.79. The minimum atomic E-state index is -0.319. The van der Waals surface area contributed by atoms with Gasteiger partial charge in [0.25, 0.3) is 0 Å². The van der Waals surface area contributed by atoms with E-state index in [4.69, 9.17) is 14.6 Å². The second kappa shape index (κ2) is 11.1. The number of hydrogen-bond acceptors (Lipinski definition) is 5. The number of rotatable bonds is 8. The molecule has 0 spiro atoms. The van der Waals surface area contributed by atoms with Crippen LogP contribution in [0.4, 0.5) is 11.4 Å². The molecule has 1 aromatic heterocycles. The van der Waals surface area contributed by atoms with Crippen molar-refractivity contribution < 1.29 is 19.1 Å². The van der Waals surface area contributed by atoms with Gasteiger partial charge in [0.05, 0.1) is 19.9 Å². The summed E-state index contributed by atoms with van der Waals surface area (Å²) in [5.41, 5.74) is 4.29. The van der Waals surface area contributed by atoms with Gasteiger partial charge in [-0.15, -0.1) is 0 Å². The lowest BCUT2D eigenvalue weighted by atomic mass is 10.1. The summed E-state index contributed by atoms with van der Waals surface area (Å²) in [6.45, 7) is 1.43. The second-order valence-electron chi connectivity index (χ2n) is 7.87. The second-order valence-corrected chi connectivity index (χ2v) is 7.87. The van der Waals surface area contributed by atoms with Crippen LogP contribution in [0, 0.1) is 0 Å².